The molecule has 0 aromatic carbocycles. The maximum atomic E-state index is 5.34. The number of nitrogens with one attached hydrogen (secondary N) is 1. The minimum Gasteiger partial charge on any atom is -0.382 e. The first-order chi connectivity index (χ1) is 4.43. The van der Waals surface area contributed by atoms with Gasteiger partial charge in [0, 0.05) is 7.98 Å². The van der Waals surface area contributed by atoms with E-state index in [0.717, 1.165) is 0 Å². The lowest BCUT2D eigenvalue weighted by Gasteiger charge is -2.22. The summed E-state index contributed by atoms with van der Waals surface area (Å²) in [5, 5.41) is 2.99. The molecule has 0 atom stereocenters. The second-order valence-electron chi connectivity index (χ2n) is 2.38. The Morgan fingerprint density at radius 2 is 1.89 bits per heavy atom. The summed E-state index contributed by atoms with van der Waals surface area (Å²) in [4.78, 5) is 5.34. The van der Waals surface area contributed by atoms with E-state index in [9.17, 15) is 0 Å². The zero-order valence-corrected chi connectivity index (χ0v) is 5.02. The molecule has 0 aromatic rings. The molecule has 54 valence electrons. The summed E-state index contributed by atoms with van der Waals surface area (Å²) < 4.78 is 0. The fourth-order valence-electron chi connectivity index (χ4n) is 1.18. The van der Waals surface area contributed by atoms with Crippen LogP contribution in [0, 0.1) is 0 Å². The van der Waals surface area contributed by atoms with E-state index in [1.807, 2.05) is 0 Å². The molecule has 1 N–H and O–H groups in total. The van der Waals surface area contributed by atoms with Gasteiger partial charge in [-0.1, -0.05) is 19.3 Å². The van der Waals surface area contributed by atoms with E-state index in [0.29, 0.717) is 6.10 Å². The largest absolute Gasteiger partial charge is 0.382 e. The molecule has 0 amide bonds. The summed E-state index contributed by atoms with van der Waals surface area (Å²) in [5.41, 5.74) is 0. The van der Waals surface area contributed by atoms with Crippen molar-refractivity contribution in [2.24, 2.45) is 0 Å². The van der Waals surface area contributed by atoms with Crippen molar-refractivity contribution in [3.05, 3.63) is 0 Å². The molecule has 3 heteroatoms. The average molecular weight is 128 g/mol. The maximum absolute atomic E-state index is 5.34. The molecule has 9 heavy (non-hydrogen) atoms. The average Bonchev–Trinajstić information content (AvgIpc) is 1.91. The Labute approximate surface area is 57.4 Å². The van der Waals surface area contributed by atoms with Crippen molar-refractivity contribution >= 4 is 7.98 Å². The van der Waals surface area contributed by atoms with Crippen LogP contribution in [0.15, 0.2) is 0 Å². The third-order valence-electron chi connectivity index (χ3n) is 1.72. The van der Waals surface area contributed by atoms with Crippen LogP contribution in [0.5, 0.6) is 0 Å². The lowest BCUT2D eigenvalue weighted by Crippen LogP contribution is -2.23. The predicted octanol–water partition coefficient (Wildman–Crippen LogP) is 0.121. The van der Waals surface area contributed by atoms with Crippen LogP contribution in [-0.4, -0.2) is 14.1 Å². The van der Waals surface area contributed by atoms with Crippen molar-refractivity contribution in [2.75, 3.05) is 0 Å². The fourth-order valence-corrected chi connectivity index (χ4v) is 1.18. The molecule has 1 rings (SSSR count). The van der Waals surface area contributed by atoms with E-state index < -0.39 is 0 Å². The minimum atomic E-state index is 0.248. The zero-order valence-electron chi connectivity index (χ0n) is 5.02. The van der Waals surface area contributed by atoms with Crippen LogP contribution in [0.4, 0.5) is 0 Å². The van der Waals surface area contributed by atoms with E-state index >= 15 is 0 Å². The highest BCUT2D eigenvalue weighted by Crippen LogP contribution is 2.18. The third kappa shape index (κ3) is 2.37. The van der Waals surface area contributed by atoms with E-state index in [1.165, 1.54) is 32.1 Å². The van der Waals surface area contributed by atoms with Gasteiger partial charge in [0.1, 0.15) is 0 Å². The van der Waals surface area contributed by atoms with Crippen LogP contribution in [0.1, 0.15) is 32.1 Å². The summed E-state index contributed by atoms with van der Waals surface area (Å²) >= 11 is 0. The standard InChI is InChI=1S/C6H15BNO/c7-8-9-6-4-2-1-3-5-6/h6,8H,1-5H2,7H3/q-1. The highest BCUT2D eigenvalue weighted by atomic mass is 16.6. The van der Waals surface area contributed by atoms with Gasteiger partial charge in [0.25, 0.3) is 0 Å². The van der Waals surface area contributed by atoms with Gasteiger partial charge in [0.05, 0.1) is 6.10 Å². The number of hydrogen-bond acceptors (Lipinski definition) is 2. The van der Waals surface area contributed by atoms with Crippen LogP contribution in [0.3, 0.4) is 0 Å². The lowest BCUT2D eigenvalue weighted by atomic mass is 9.98. The summed E-state index contributed by atoms with van der Waals surface area (Å²) in [5.74, 6) is 0. The molecule has 0 aromatic heterocycles. The monoisotopic (exact) mass is 128 g/mol. The van der Waals surface area contributed by atoms with Crippen LogP contribution in [0.2, 0.25) is 0 Å². The third-order valence-corrected chi connectivity index (χ3v) is 1.72. The van der Waals surface area contributed by atoms with Gasteiger partial charge in [-0.3, -0.25) is 0 Å². The molecule has 1 aliphatic carbocycles. The zero-order chi connectivity index (χ0) is 6.53. The fraction of sp³-hybridized carbons (Fsp3) is 1.00. The first-order valence-corrected chi connectivity index (χ1v) is 3.26. The summed E-state index contributed by atoms with van der Waals surface area (Å²) in [6.45, 7) is 0. The SMILES string of the molecule is [BH3-]NOC1CCCCC1. The quantitative estimate of drug-likeness (QED) is 0.421. The molecule has 0 aliphatic heterocycles. The van der Waals surface area contributed by atoms with Gasteiger partial charge in [0.2, 0.25) is 0 Å². The Hall–Kier alpha value is -0.0151. The molecular formula is C6H15BNO-. The van der Waals surface area contributed by atoms with Gasteiger partial charge in [-0.05, 0) is 12.8 Å². The first kappa shape index (κ1) is 7.10. The van der Waals surface area contributed by atoms with Crippen LogP contribution >= 0.6 is 0 Å². The topological polar surface area (TPSA) is 21.3 Å². The van der Waals surface area contributed by atoms with Crippen LogP contribution < -0.4 is 5.39 Å². The van der Waals surface area contributed by atoms with Crippen molar-refractivity contribution in [3.63, 3.8) is 0 Å². The number of hydrogen-bond donors (Lipinski definition) is 1. The highest BCUT2D eigenvalue weighted by Gasteiger charge is 2.11. The van der Waals surface area contributed by atoms with E-state index in [2.05, 4.69) is 5.39 Å². The molecular weight excluding hydrogens is 113 g/mol. The molecule has 0 bridgehead atoms. The summed E-state index contributed by atoms with van der Waals surface area (Å²) in [7, 11) is 0.248. The van der Waals surface area contributed by atoms with E-state index in [1.54, 1.807) is 0 Å². The van der Waals surface area contributed by atoms with Crippen LogP contribution in [-0.2, 0) is 4.84 Å². The molecule has 0 spiro atoms. The predicted molar refractivity (Wildman–Crippen MR) is 41.0 cm³/mol. The Morgan fingerprint density at radius 3 is 2.44 bits per heavy atom. The van der Waals surface area contributed by atoms with Crippen molar-refractivity contribution < 1.29 is 4.84 Å². The molecule has 0 radical (unpaired) electrons. The Kier molecular flexibility index (Phi) is 3.08. The molecule has 1 aliphatic rings. The van der Waals surface area contributed by atoms with Gasteiger partial charge in [-0.15, -0.1) is 0 Å². The second-order valence-corrected chi connectivity index (χ2v) is 2.38. The van der Waals surface area contributed by atoms with Gasteiger partial charge in [-0.25, -0.2) is 0 Å². The van der Waals surface area contributed by atoms with E-state index in [4.69, 9.17) is 4.84 Å². The molecule has 0 unspecified atom stereocenters. The number of rotatable bonds is 2. The summed E-state index contributed by atoms with van der Waals surface area (Å²) in [6.07, 6.45) is 7.25. The normalized spacial score (nSPS) is 22.3. The van der Waals surface area contributed by atoms with Gasteiger partial charge < -0.3 is 10.2 Å². The first-order valence-electron chi connectivity index (χ1n) is 3.26. The van der Waals surface area contributed by atoms with E-state index in [-0.39, 0.29) is 7.98 Å². The Bertz CT molecular complexity index is 70.7. The smallest absolute Gasteiger partial charge is 0.0744 e. The molecule has 1 fully saturated rings. The van der Waals surface area contributed by atoms with Crippen molar-refractivity contribution in [1.82, 2.24) is 5.39 Å². The minimum absolute atomic E-state index is 0.248. The molecule has 2 nitrogen and oxygen atoms in total. The van der Waals surface area contributed by atoms with Gasteiger partial charge in [-0.2, -0.15) is 0 Å². The summed E-state index contributed by atoms with van der Waals surface area (Å²) in [6, 6.07) is 0. The van der Waals surface area contributed by atoms with Crippen molar-refractivity contribution in [1.29, 1.82) is 0 Å². The second kappa shape index (κ2) is 3.91. The van der Waals surface area contributed by atoms with Crippen molar-refractivity contribution in [3.8, 4) is 0 Å². The molecule has 1 saturated carbocycles. The molecule has 0 saturated heterocycles. The van der Waals surface area contributed by atoms with Crippen LogP contribution in [0.25, 0.3) is 0 Å². The highest BCUT2D eigenvalue weighted by molar-refractivity contribution is 6.03. The maximum Gasteiger partial charge on any atom is 0.0744 e. The Balaban J connectivity index is 2.08. The Morgan fingerprint density at radius 1 is 1.22 bits per heavy atom. The molecule has 0 heterocycles. The van der Waals surface area contributed by atoms with Gasteiger partial charge in [0.15, 0.2) is 0 Å². The van der Waals surface area contributed by atoms with Crippen molar-refractivity contribution in [2.45, 2.75) is 38.2 Å². The van der Waals surface area contributed by atoms with Gasteiger partial charge >= 0.3 is 0 Å². The lowest BCUT2D eigenvalue weighted by molar-refractivity contribution is -0.00334.